The smallest absolute Gasteiger partial charge is 0.223 e. The number of amides is 1. The summed E-state index contributed by atoms with van der Waals surface area (Å²) in [4.78, 5) is 12.6. The highest BCUT2D eigenvalue weighted by Crippen LogP contribution is 2.23. The van der Waals surface area contributed by atoms with Crippen LogP contribution in [-0.4, -0.2) is 37.8 Å². The van der Waals surface area contributed by atoms with Crippen molar-refractivity contribution >= 4 is 31.9 Å². The maximum Gasteiger partial charge on any atom is 0.223 e. The van der Waals surface area contributed by atoms with Crippen molar-refractivity contribution in [1.29, 1.82) is 0 Å². The van der Waals surface area contributed by atoms with Crippen LogP contribution in [0.3, 0.4) is 0 Å². The molecule has 152 valence electrons. The number of hydrogen-bond acceptors (Lipinski definition) is 3. The Morgan fingerprint density at radius 2 is 1.63 bits per heavy atom. The molecule has 0 atom stereocenters. The van der Waals surface area contributed by atoms with Gasteiger partial charge in [0, 0.05) is 29.5 Å². The van der Waals surface area contributed by atoms with Gasteiger partial charge in [-0.05, 0) is 42.4 Å². The van der Waals surface area contributed by atoms with Gasteiger partial charge in [0.2, 0.25) is 15.9 Å². The Balaban J connectivity index is 1.91. The highest BCUT2D eigenvalue weighted by Gasteiger charge is 2.32. The van der Waals surface area contributed by atoms with Crippen molar-refractivity contribution in [1.82, 2.24) is 9.62 Å². The molecule has 1 heterocycles. The fourth-order valence-corrected chi connectivity index (χ4v) is 5.49. The Labute approximate surface area is 172 Å². The predicted octanol–water partition coefficient (Wildman–Crippen LogP) is 3.79. The van der Waals surface area contributed by atoms with Crippen LogP contribution in [0.1, 0.15) is 46.1 Å². The molecule has 0 spiro atoms. The van der Waals surface area contributed by atoms with Crippen LogP contribution in [0.15, 0.2) is 28.7 Å². The lowest BCUT2D eigenvalue weighted by atomic mass is 9.91. The van der Waals surface area contributed by atoms with Gasteiger partial charge in [-0.25, -0.2) is 12.7 Å². The Hall–Kier alpha value is -0.920. The summed E-state index contributed by atoms with van der Waals surface area (Å²) in [7, 11) is -3.36. The van der Waals surface area contributed by atoms with Gasteiger partial charge in [0.25, 0.3) is 0 Å². The number of sulfonamides is 1. The second kappa shape index (κ2) is 9.52. The Bertz CT molecular complexity index is 716. The second-order valence-electron chi connectivity index (χ2n) is 8.08. The molecule has 1 saturated heterocycles. The van der Waals surface area contributed by atoms with Crippen molar-refractivity contribution in [2.45, 2.75) is 52.3 Å². The van der Waals surface area contributed by atoms with Gasteiger partial charge < -0.3 is 5.32 Å². The average Bonchev–Trinajstić information content (AvgIpc) is 2.60. The minimum absolute atomic E-state index is 0.0000833. The summed E-state index contributed by atoms with van der Waals surface area (Å²) in [6.07, 6.45) is 1.16. The van der Waals surface area contributed by atoms with Crippen LogP contribution in [0.5, 0.6) is 0 Å². The van der Waals surface area contributed by atoms with Crippen molar-refractivity contribution < 1.29 is 13.2 Å². The lowest BCUT2D eigenvalue weighted by Crippen LogP contribution is -2.48. The van der Waals surface area contributed by atoms with Gasteiger partial charge >= 0.3 is 0 Å². The number of hydrogen-bond donors (Lipinski definition) is 1. The lowest BCUT2D eigenvalue weighted by Gasteiger charge is -2.33. The van der Waals surface area contributed by atoms with E-state index in [9.17, 15) is 13.2 Å². The van der Waals surface area contributed by atoms with Crippen molar-refractivity contribution in [3.63, 3.8) is 0 Å². The fraction of sp³-hybridized carbons (Fsp3) is 0.650. The second-order valence-corrected chi connectivity index (χ2v) is 11.0. The van der Waals surface area contributed by atoms with Crippen molar-refractivity contribution in [3.8, 4) is 0 Å². The predicted molar refractivity (Wildman–Crippen MR) is 113 cm³/mol. The van der Waals surface area contributed by atoms with E-state index in [1.165, 1.54) is 4.31 Å². The van der Waals surface area contributed by atoms with Gasteiger partial charge in [0.15, 0.2) is 0 Å². The zero-order valence-electron chi connectivity index (χ0n) is 16.6. The summed E-state index contributed by atoms with van der Waals surface area (Å²) in [6.45, 7) is 9.27. The zero-order valence-corrected chi connectivity index (χ0v) is 19.0. The monoisotopic (exact) mass is 458 g/mol. The van der Waals surface area contributed by atoms with E-state index in [1.807, 2.05) is 24.3 Å². The van der Waals surface area contributed by atoms with E-state index in [2.05, 4.69) is 48.9 Å². The van der Waals surface area contributed by atoms with Crippen molar-refractivity contribution in [2.24, 2.45) is 17.8 Å². The zero-order chi connectivity index (χ0) is 20.2. The summed E-state index contributed by atoms with van der Waals surface area (Å²) in [5.41, 5.74) is 0.773. The van der Waals surface area contributed by atoms with E-state index in [-0.39, 0.29) is 23.6 Å². The van der Waals surface area contributed by atoms with Crippen LogP contribution < -0.4 is 5.32 Å². The van der Waals surface area contributed by atoms with Gasteiger partial charge in [0.05, 0.1) is 5.75 Å². The average molecular weight is 459 g/mol. The third kappa shape index (κ3) is 6.29. The third-order valence-electron chi connectivity index (χ3n) is 5.23. The first-order valence-corrected chi connectivity index (χ1v) is 12.0. The van der Waals surface area contributed by atoms with Gasteiger partial charge in [-0.2, -0.15) is 0 Å². The SMILES string of the molecule is CC(C)C(NC(=O)C1CCN(S(=O)(=O)Cc2ccc(Br)cc2)CC1)C(C)C. The topological polar surface area (TPSA) is 66.5 Å². The molecule has 0 aliphatic carbocycles. The standard InChI is InChI=1S/C20H31BrN2O3S/c1-14(2)19(15(3)4)22-20(24)17-9-11-23(12-10-17)27(25,26)13-16-5-7-18(21)8-6-16/h5-8,14-15,17,19H,9-13H2,1-4H3,(H,22,24). The third-order valence-corrected chi connectivity index (χ3v) is 7.60. The maximum atomic E-state index is 12.7. The number of rotatable bonds is 7. The summed E-state index contributed by atoms with van der Waals surface area (Å²) in [5.74, 6) is 0.706. The Morgan fingerprint density at radius 1 is 1.11 bits per heavy atom. The minimum atomic E-state index is -3.36. The molecular weight excluding hydrogens is 428 g/mol. The van der Waals surface area contributed by atoms with Gasteiger partial charge in [-0.3, -0.25) is 4.79 Å². The molecule has 0 unspecified atom stereocenters. The summed E-state index contributed by atoms with van der Waals surface area (Å²) in [5, 5.41) is 3.17. The first-order chi connectivity index (χ1) is 12.6. The molecule has 1 fully saturated rings. The van der Waals surface area contributed by atoms with Crippen LogP contribution >= 0.6 is 15.9 Å². The molecule has 27 heavy (non-hydrogen) atoms. The number of carbonyl (C=O) groups excluding carboxylic acids is 1. The molecule has 1 amide bonds. The Morgan fingerprint density at radius 3 is 2.11 bits per heavy atom. The fourth-order valence-electron chi connectivity index (χ4n) is 3.66. The molecule has 2 rings (SSSR count). The van der Waals surface area contributed by atoms with Crippen molar-refractivity contribution in [2.75, 3.05) is 13.1 Å². The van der Waals surface area contributed by atoms with E-state index in [1.54, 1.807) is 0 Å². The van der Waals surface area contributed by atoms with Gasteiger partial charge in [-0.1, -0.05) is 55.8 Å². The van der Waals surface area contributed by atoms with Crippen LogP contribution in [0.4, 0.5) is 0 Å². The first-order valence-electron chi connectivity index (χ1n) is 9.62. The molecule has 5 nitrogen and oxygen atoms in total. The molecular formula is C20H31BrN2O3S. The summed E-state index contributed by atoms with van der Waals surface area (Å²) >= 11 is 3.36. The summed E-state index contributed by atoms with van der Waals surface area (Å²) < 4.78 is 27.8. The number of carbonyl (C=O) groups is 1. The lowest BCUT2D eigenvalue weighted by molar-refractivity contribution is -0.127. The molecule has 0 saturated carbocycles. The number of benzene rings is 1. The van der Waals surface area contributed by atoms with Crippen molar-refractivity contribution in [3.05, 3.63) is 34.3 Å². The molecule has 1 aliphatic rings. The normalized spacial score (nSPS) is 17.0. The largest absolute Gasteiger partial charge is 0.353 e. The highest BCUT2D eigenvalue weighted by molar-refractivity contribution is 9.10. The van der Waals surface area contributed by atoms with E-state index >= 15 is 0 Å². The first kappa shape index (κ1) is 22.4. The molecule has 0 radical (unpaired) electrons. The number of nitrogens with zero attached hydrogens (tertiary/aromatic N) is 1. The van der Waals surface area contributed by atoms with E-state index in [4.69, 9.17) is 0 Å². The minimum Gasteiger partial charge on any atom is -0.353 e. The van der Waals surface area contributed by atoms with E-state index in [0.717, 1.165) is 10.0 Å². The molecule has 1 N–H and O–H groups in total. The van der Waals surface area contributed by atoms with Crippen LogP contribution in [0, 0.1) is 17.8 Å². The van der Waals surface area contributed by atoms with E-state index in [0.29, 0.717) is 37.8 Å². The molecule has 7 heteroatoms. The quantitative estimate of drug-likeness (QED) is 0.675. The van der Waals surface area contributed by atoms with Crippen LogP contribution in [0.25, 0.3) is 0 Å². The molecule has 1 aromatic carbocycles. The van der Waals surface area contributed by atoms with Crippen LogP contribution in [-0.2, 0) is 20.6 Å². The number of nitrogens with one attached hydrogen (secondary N) is 1. The Kier molecular flexibility index (Phi) is 7.89. The van der Waals surface area contributed by atoms with Crippen LogP contribution in [0.2, 0.25) is 0 Å². The van der Waals surface area contributed by atoms with E-state index < -0.39 is 10.0 Å². The molecule has 0 aromatic heterocycles. The summed E-state index contributed by atoms with van der Waals surface area (Å²) in [6, 6.07) is 7.49. The molecule has 1 aromatic rings. The number of halogens is 1. The van der Waals surface area contributed by atoms with Gasteiger partial charge in [-0.15, -0.1) is 0 Å². The number of piperidine rings is 1. The van der Waals surface area contributed by atoms with Gasteiger partial charge in [0.1, 0.15) is 0 Å². The maximum absolute atomic E-state index is 12.7. The highest BCUT2D eigenvalue weighted by atomic mass is 79.9. The molecule has 1 aliphatic heterocycles. The molecule has 0 bridgehead atoms.